The standard InChI is InChI=1S/C16H16O4/c1-3-19-12-7-5-8-13(10-12)20-15-11(2)6-4-9-14(15)16(17)18/h4-10H,3H2,1-2H3,(H,17,18). The number of aromatic carboxylic acids is 1. The Balaban J connectivity index is 2.34. The molecule has 2 aromatic carbocycles. The van der Waals surface area contributed by atoms with Crippen molar-refractivity contribution in [2.24, 2.45) is 0 Å². The molecular formula is C16H16O4. The lowest BCUT2D eigenvalue weighted by molar-refractivity contribution is 0.0694. The van der Waals surface area contributed by atoms with Crippen molar-refractivity contribution in [1.29, 1.82) is 0 Å². The van der Waals surface area contributed by atoms with Crippen molar-refractivity contribution in [2.45, 2.75) is 13.8 Å². The number of para-hydroxylation sites is 1. The van der Waals surface area contributed by atoms with Gasteiger partial charge in [0, 0.05) is 6.07 Å². The molecule has 20 heavy (non-hydrogen) atoms. The molecule has 2 aromatic rings. The van der Waals surface area contributed by atoms with Crippen LogP contribution >= 0.6 is 0 Å². The number of carboxylic acid groups (broad SMARTS) is 1. The van der Waals surface area contributed by atoms with E-state index < -0.39 is 5.97 Å². The second-order valence-electron chi connectivity index (χ2n) is 4.27. The molecule has 0 amide bonds. The normalized spacial score (nSPS) is 10.1. The Labute approximate surface area is 117 Å². The Morgan fingerprint density at radius 3 is 2.55 bits per heavy atom. The summed E-state index contributed by atoms with van der Waals surface area (Å²) in [6, 6.07) is 12.2. The van der Waals surface area contributed by atoms with Gasteiger partial charge in [-0.1, -0.05) is 18.2 Å². The maximum absolute atomic E-state index is 11.2. The van der Waals surface area contributed by atoms with Gasteiger partial charge in [-0.2, -0.15) is 0 Å². The summed E-state index contributed by atoms with van der Waals surface area (Å²) in [5.74, 6) is 0.585. The lowest BCUT2D eigenvalue weighted by Crippen LogP contribution is -2.01. The molecule has 2 rings (SSSR count). The number of hydrogen-bond donors (Lipinski definition) is 1. The van der Waals surface area contributed by atoms with Gasteiger partial charge in [0.05, 0.1) is 6.61 Å². The Bertz CT molecular complexity index is 620. The highest BCUT2D eigenvalue weighted by molar-refractivity contribution is 5.91. The van der Waals surface area contributed by atoms with E-state index in [2.05, 4.69) is 0 Å². The number of carbonyl (C=O) groups is 1. The summed E-state index contributed by atoms with van der Waals surface area (Å²) in [6.07, 6.45) is 0. The van der Waals surface area contributed by atoms with Crippen LogP contribution in [0.4, 0.5) is 0 Å². The van der Waals surface area contributed by atoms with E-state index >= 15 is 0 Å². The molecule has 0 unspecified atom stereocenters. The minimum atomic E-state index is -1.01. The third-order valence-electron chi connectivity index (χ3n) is 2.78. The molecule has 0 aliphatic carbocycles. The van der Waals surface area contributed by atoms with Gasteiger partial charge < -0.3 is 14.6 Å². The molecule has 0 fully saturated rings. The minimum Gasteiger partial charge on any atom is -0.494 e. The van der Waals surface area contributed by atoms with Gasteiger partial charge in [-0.3, -0.25) is 0 Å². The van der Waals surface area contributed by atoms with Crippen LogP contribution in [0, 0.1) is 6.92 Å². The first-order chi connectivity index (χ1) is 9.61. The van der Waals surface area contributed by atoms with Gasteiger partial charge in [-0.25, -0.2) is 4.79 Å². The van der Waals surface area contributed by atoms with Crippen LogP contribution in [0.2, 0.25) is 0 Å². The maximum Gasteiger partial charge on any atom is 0.339 e. The first-order valence-electron chi connectivity index (χ1n) is 6.35. The summed E-state index contributed by atoms with van der Waals surface area (Å²) in [4.78, 5) is 11.2. The van der Waals surface area contributed by atoms with Crippen LogP contribution in [0.3, 0.4) is 0 Å². The lowest BCUT2D eigenvalue weighted by atomic mass is 10.1. The first kappa shape index (κ1) is 13.9. The molecule has 0 aliphatic rings. The Kier molecular flexibility index (Phi) is 4.25. The lowest BCUT2D eigenvalue weighted by Gasteiger charge is -2.12. The summed E-state index contributed by atoms with van der Waals surface area (Å²) >= 11 is 0. The van der Waals surface area contributed by atoms with E-state index in [9.17, 15) is 9.90 Å². The average molecular weight is 272 g/mol. The molecule has 104 valence electrons. The van der Waals surface area contributed by atoms with Crippen LogP contribution in [-0.4, -0.2) is 17.7 Å². The molecule has 0 heterocycles. The second-order valence-corrected chi connectivity index (χ2v) is 4.27. The van der Waals surface area contributed by atoms with Crippen LogP contribution in [0.15, 0.2) is 42.5 Å². The molecular weight excluding hydrogens is 256 g/mol. The van der Waals surface area contributed by atoms with Crippen molar-refractivity contribution in [2.75, 3.05) is 6.61 Å². The molecule has 1 N–H and O–H groups in total. The monoisotopic (exact) mass is 272 g/mol. The number of aryl methyl sites for hydroxylation is 1. The van der Waals surface area contributed by atoms with Gasteiger partial charge in [-0.15, -0.1) is 0 Å². The van der Waals surface area contributed by atoms with E-state index in [1.165, 1.54) is 6.07 Å². The summed E-state index contributed by atoms with van der Waals surface area (Å²) < 4.78 is 11.1. The number of rotatable bonds is 5. The van der Waals surface area contributed by atoms with E-state index in [0.29, 0.717) is 23.9 Å². The topological polar surface area (TPSA) is 55.8 Å². The zero-order valence-electron chi connectivity index (χ0n) is 11.4. The zero-order chi connectivity index (χ0) is 14.5. The highest BCUT2D eigenvalue weighted by Gasteiger charge is 2.14. The van der Waals surface area contributed by atoms with E-state index in [4.69, 9.17) is 9.47 Å². The zero-order valence-corrected chi connectivity index (χ0v) is 11.4. The molecule has 4 nitrogen and oxygen atoms in total. The molecule has 0 aromatic heterocycles. The molecule has 0 spiro atoms. The smallest absolute Gasteiger partial charge is 0.339 e. The van der Waals surface area contributed by atoms with Crippen LogP contribution in [-0.2, 0) is 0 Å². The largest absolute Gasteiger partial charge is 0.494 e. The Morgan fingerprint density at radius 2 is 1.85 bits per heavy atom. The summed E-state index contributed by atoms with van der Waals surface area (Å²) in [6.45, 7) is 4.28. The fourth-order valence-corrected chi connectivity index (χ4v) is 1.87. The van der Waals surface area contributed by atoms with Crippen molar-refractivity contribution in [3.05, 3.63) is 53.6 Å². The van der Waals surface area contributed by atoms with E-state index in [1.54, 1.807) is 24.3 Å². The van der Waals surface area contributed by atoms with Crippen molar-refractivity contribution < 1.29 is 19.4 Å². The van der Waals surface area contributed by atoms with Crippen LogP contribution < -0.4 is 9.47 Å². The fraction of sp³-hybridized carbons (Fsp3) is 0.188. The van der Waals surface area contributed by atoms with Gasteiger partial charge in [-0.05, 0) is 37.6 Å². The first-order valence-corrected chi connectivity index (χ1v) is 6.35. The van der Waals surface area contributed by atoms with E-state index in [1.807, 2.05) is 26.0 Å². The van der Waals surface area contributed by atoms with Gasteiger partial charge in [0.2, 0.25) is 0 Å². The van der Waals surface area contributed by atoms with E-state index in [-0.39, 0.29) is 5.56 Å². The summed E-state index contributed by atoms with van der Waals surface area (Å²) in [5.41, 5.74) is 0.915. The number of benzene rings is 2. The SMILES string of the molecule is CCOc1cccc(Oc2c(C)cccc2C(=O)O)c1. The quantitative estimate of drug-likeness (QED) is 0.897. The van der Waals surface area contributed by atoms with Crippen LogP contribution in [0.5, 0.6) is 17.2 Å². The number of carboxylic acids is 1. The van der Waals surface area contributed by atoms with Gasteiger partial charge >= 0.3 is 5.97 Å². The van der Waals surface area contributed by atoms with Crippen LogP contribution in [0.25, 0.3) is 0 Å². The fourth-order valence-electron chi connectivity index (χ4n) is 1.87. The molecule has 0 saturated carbocycles. The molecule has 0 radical (unpaired) electrons. The predicted octanol–water partition coefficient (Wildman–Crippen LogP) is 3.88. The van der Waals surface area contributed by atoms with Crippen molar-refractivity contribution >= 4 is 5.97 Å². The van der Waals surface area contributed by atoms with Crippen molar-refractivity contribution in [3.8, 4) is 17.2 Å². The average Bonchev–Trinajstić information content (AvgIpc) is 2.41. The molecule has 0 aliphatic heterocycles. The van der Waals surface area contributed by atoms with E-state index in [0.717, 1.165) is 5.56 Å². The highest BCUT2D eigenvalue weighted by Crippen LogP contribution is 2.30. The third kappa shape index (κ3) is 3.09. The number of hydrogen-bond acceptors (Lipinski definition) is 3. The van der Waals surface area contributed by atoms with Gasteiger partial charge in [0.1, 0.15) is 22.8 Å². The molecule has 4 heteroatoms. The molecule has 0 atom stereocenters. The second kappa shape index (κ2) is 6.10. The predicted molar refractivity (Wildman–Crippen MR) is 75.8 cm³/mol. The van der Waals surface area contributed by atoms with Gasteiger partial charge in [0.15, 0.2) is 0 Å². The van der Waals surface area contributed by atoms with Crippen LogP contribution in [0.1, 0.15) is 22.8 Å². The number of ether oxygens (including phenoxy) is 2. The highest BCUT2D eigenvalue weighted by atomic mass is 16.5. The van der Waals surface area contributed by atoms with Crippen molar-refractivity contribution in [1.82, 2.24) is 0 Å². The Hall–Kier alpha value is -2.49. The molecule has 0 bridgehead atoms. The third-order valence-corrected chi connectivity index (χ3v) is 2.78. The Morgan fingerprint density at radius 1 is 1.15 bits per heavy atom. The maximum atomic E-state index is 11.2. The minimum absolute atomic E-state index is 0.145. The van der Waals surface area contributed by atoms with Gasteiger partial charge in [0.25, 0.3) is 0 Å². The summed E-state index contributed by atoms with van der Waals surface area (Å²) in [7, 11) is 0. The van der Waals surface area contributed by atoms with Crippen molar-refractivity contribution in [3.63, 3.8) is 0 Å². The molecule has 0 saturated heterocycles. The summed E-state index contributed by atoms with van der Waals surface area (Å²) in [5, 5.41) is 9.20.